The lowest BCUT2D eigenvalue weighted by Crippen LogP contribution is -2.52. The zero-order valence-electron chi connectivity index (χ0n) is 16.6. The lowest BCUT2D eigenvalue weighted by atomic mass is 9.96. The molecule has 3 atom stereocenters. The molecule has 30 heavy (non-hydrogen) atoms. The Balaban J connectivity index is 1.41. The summed E-state index contributed by atoms with van der Waals surface area (Å²) in [6.07, 6.45) is 4.76. The predicted octanol–water partition coefficient (Wildman–Crippen LogP) is -0.284. The number of rotatable bonds is 6. The monoisotopic (exact) mass is 414 g/mol. The Morgan fingerprint density at radius 3 is 2.27 bits per heavy atom. The van der Waals surface area contributed by atoms with E-state index in [1.165, 1.54) is 24.8 Å². The van der Waals surface area contributed by atoms with Gasteiger partial charge >= 0.3 is 0 Å². The van der Waals surface area contributed by atoms with E-state index < -0.39 is 23.6 Å². The van der Waals surface area contributed by atoms with Crippen LogP contribution in [0, 0.1) is 0 Å². The highest BCUT2D eigenvalue weighted by molar-refractivity contribution is 5.94. The minimum atomic E-state index is -0.868. The zero-order chi connectivity index (χ0) is 21.2. The van der Waals surface area contributed by atoms with Crippen LogP contribution >= 0.6 is 0 Å². The quantitative estimate of drug-likeness (QED) is 0.653. The van der Waals surface area contributed by atoms with Gasteiger partial charge in [0.1, 0.15) is 17.8 Å². The van der Waals surface area contributed by atoms with Gasteiger partial charge in [-0.3, -0.25) is 9.59 Å². The molecular weight excluding hydrogens is 392 g/mol. The molecule has 2 aliphatic rings. The van der Waals surface area contributed by atoms with E-state index in [4.69, 9.17) is 14.2 Å². The number of carbonyl (C=O) groups is 2. The van der Waals surface area contributed by atoms with Crippen LogP contribution in [0.4, 0.5) is 0 Å². The molecule has 158 valence electrons. The number of nitrogens with one attached hydrogen (secondary N) is 2. The summed E-state index contributed by atoms with van der Waals surface area (Å²) < 4.78 is 18.1. The largest absolute Gasteiger partial charge is 0.370 e. The molecule has 4 heterocycles. The first-order valence-corrected chi connectivity index (χ1v) is 9.48. The number of carbonyl (C=O) groups excluding carboxylic acids is 2. The fourth-order valence-corrected chi connectivity index (χ4v) is 3.68. The average Bonchev–Trinajstić information content (AvgIpc) is 3.21. The highest BCUT2D eigenvalue weighted by atomic mass is 16.8. The average molecular weight is 414 g/mol. The van der Waals surface area contributed by atoms with Gasteiger partial charge in [0.05, 0.1) is 49.1 Å². The van der Waals surface area contributed by atoms with Crippen LogP contribution in [0.5, 0.6) is 0 Å². The van der Waals surface area contributed by atoms with Crippen molar-refractivity contribution in [2.24, 2.45) is 0 Å². The molecule has 0 aromatic carbocycles. The van der Waals surface area contributed by atoms with Crippen molar-refractivity contribution < 1.29 is 23.8 Å². The van der Waals surface area contributed by atoms with Gasteiger partial charge in [-0.15, -0.1) is 0 Å². The number of hydrogen-bond donors (Lipinski definition) is 2. The van der Waals surface area contributed by atoms with E-state index in [0.29, 0.717) is 11.1 Å². The van der Waals surface area contributed by atoms with Crippen LogP contribution < -0.4 is 10.6 Å². The van der Waals surface area contributed by atoms with Gasteiger partial charge in [0.25, 0.3) is 11.8 Å². The summed E-state index contributed by atoms with van der Waals surface area (Å²) in [5.41, 5.74) is -0.0750. The van der Waals surface area contributed by atoms with Crippen LogP contribution in [-0.4, -0.2) is 75.5 Å². The maximum Gasteiger partial charge on any atom is 0.253 e. The van der Waals surface area contributed by atoms with Gasteiger partial charge in [-0.25, -0.2) is 0 Å². The van der Waals surface area contributed by atoms with Gasteiger partial charge in [0.15, 0.2) is 5.79 Å². The normalized spacial score (nSPS) is 26.7. The van der Waals surface area contributed by atoms with E-state index in [1.54, 1.807) is 26.0 Å². The number of amides is 2. The highest BCUT2D eigenvalue weighted by Crippen LogP contribution is 2.43. The van der Waals surface area contributed by atoms with E-state index in [-0.39, 0.29) is 31.5 Å². The number of aromatic nitrogens is 4. The molecule has 2 aromatic heterocycles. The lowest BCUT2D eigenvalue weighted by molar-refractivity contribution is -0.188. The molecular formula is C19H22N6O5. The molecule has 4 rings (SSSR count). The molecule has 0 bridgehead atoms. The molecule has 2 fully saturated rings. The van der Waals surface area contributed by atoms with E-state index in [1.807, 2.05) is 0 Å². The molecule has 11 nitrogen and oxygen atoms in total. The summed E-state index contributed by atoms with van der Waals surface area (Å²) in [5, 5.41) is 20.4. The number of hydrogen-bond acceptors (Lipinski definition) is 9. The van der Waals surface area contributed by atoms with Gasteiger partial charge in [0.2, 0.25) is 0 Å². The molecule has 2 amide bonds. The number of fused-ring (bicyclic) bond motifs is 1. The first-order valence-electron chi connectivity index (χ1n) is 9.48. The van der Waals surface area contributed by atoms with E-state index in [9.17, 15) is 9.59 Å². The Bertz CT molecular complexity index is 912. The fraction of sp³-hybridized carbons (Fsp3) is 0.474. The third-order valence-corrected chi connectivity index (χ3v) is 4.96. The maximum absolute atomic E-state index is 12.4. The van der Waals surface area contributed by atoms with Crippen molar-refractivity contribution in [2.45, 2.75) is 37.4 Å². The predicted molar refractivity (Wildman–Crippen MR) is 101 cm³/mol. The minimum absolute atomic E-state index is 0.182. The smallest absolute Gasteiger partial charge is 0.253 e. The van der Waals surface area contributed by atoms with Crippen molar-refractivity contribution in [3.63, 3.8) is 0 Å². The van der Waals surface area contributed by atoms with Gasteiger partial charge in [-0.1, -0.05) is 0 Å². The molecule has 0 saturated carbocycles. The summed E-state index contributed by atoms with van der Waals surface area (Å²) in [6.45, 7) is 4.23. The van der Waals surface area contributed by atoms with Gasteiger partial charge in [-0.2, -0.15) is 20.4 Å². The summed E-state index contributed by atoms with van der Waals surface area (Å²) in [4.78, 5) is 24.7. The molecule has 2 aliphatic heterocycles. The standard InChI is InChI=1S/C19H22N6O5/c1-18(2)29-15-14(9-20-16(26)12-3-5-22-24-7-12)28-11-19(15,30-18)10-21-17(27)13-4-6-23-25-8-13/h3-8,14-15H,9-11H2,1-2H3,(H,20,26)(H,21,27)/t14-,15-,19+/m1/s1. The van der Waals surface area contributed by atoms with Crippen LogP contribution in [0.15, 0.2) is 36.9 Å². The second-order valence-corrected chi connectivity index (χ2v) is 7.61. The Morgan fingerprint density at radius 1 is 1.03 bits per heavy atom. The van der Waals surface area contributed by atoms with Crippen molar-refractivity contribution in [2.75, 3.05) is 19.7 Å². The van der Waals surface area contributed by atoms with Crippen LogP contribution in [0.25, 0.3) is 0 Å². The number of ether oxygens (including phenoxy) is 3. The number of nitrogens with zero attached hydrogens (tertiary/aromatic N) is 4. The topological polar surface area (TPSA) is 137 Å². The third-order valence-electron chi connectivity index (χ3n) is 4.96. The van der Waals surface area contributed by atoms with Gasteiger partial charge in [-0.05, 0) is 26.0 Å². The van der Waals surface area contributed by atoms with Gasteiger partial charge < -0.3 is 24.8 Å². The Kier molecular flexibility index (Phi) is 5.41. The molecule has 2 saturated heterocycles. The summed E-state index contributed by atoms with van der Waals surface area (Å²) in [6, 6.07) is 3.15. The van der Waals surface area contributed by atoms with Gasteiger partial charge in [0, 0.05) is 6.54 Å². The summed E-state index contributed by atoms with van der Waals surface area (Å²) in [5.74, 6) is -1.44. The van der Waals surface area contributed by atoms with E-state index in [2.05, 4.69) is 31.0 Å². The van der Waals surface area contributed by atoms with Crippen molar-refractivity contribution >= 4 is 11.8 Å². The molecule has 0 aliphatic carbocycles. The molecule has 2 N–H and O–H groups in total. The van der Waals surface area contributed by atoms with Crippen LogP contribution in [0.2, 0.25) is 0 Å². The molecule has 11 heteroatoms. The van der Waals surface area contributed by atoms with E-state index >= 15 is 0 Å². The molecule has 0 spiro atoms. The van der Waals surface area contributed by atoms with Crippen molar-refractivity contribution in [1.82, 2.24) is 31.0 Å². The Morgan fingerprint density at radius 2 is 1.67 bits per heavy atom. The molecule has 0 unspecified atom stereocenters. The second kappa shape index (κ2) is 8.01. The van der Waals surface area contributed by atoms with Crippen molar-refractivity contribution in [1.29, 1.82) is 0 Å². The minimum Gasteiger partial charge on any atom is -0.370 e. The Labute approximate surface area is 172 Å². The van der Waals surface area contributed by atoms with Crippen molar-refractivity contribution in [3.8, 4) is 0 Å². The van der Waals surface area contributed by atoms with Crippen molar-refractivity contribution in [3.05, 3.63) is 48.0 Å². The van der Waals surface area contributed by atoms with Crippen LogP contribution in [0.1, 0.15) is 34.6 Å². The summed E-state index contributed by atoms with van der Waals surface area (Å²) >= 11 is 0. The summed E-state index contributed by atoms with van der Waals surface area (Å²) in [7, 11) is 0. The van der Waals surface area contributed by atoms with E-state index in [0.717, 1.165) is 0 Å². The fourth-order valence-electron chi connectivity index (χ4n) is 3.68. The lowest BCUT2D eigenvalue weighted by Gasteiger charge is -2.27. The third kappa shape index (κ3) is 4.13. The van der Waals surface area contributed by atoms with Crippen LogP contribution in [-0.2, 0) is 14.2 Å². The highest BCUT2D eigenvalue weighted by Gasteiger charge is 2.61. The zero-order valence-corrected chi connectivity index (χ0v) is 16.6. The first kappa shape index (κ1) is 20.3. The first-order chi connectivity index (χ1) is 14.4. The second-order valence-electron chi connectivity index (χ2n) is 7.61. The molecule has 2 aromatic rings. The maximum atomic E-state index is 12.4. The Hall–Kier alpha value is -3.02. The molecule has 0 radical (unpaired) electrons. The SMILES string of the molecule is CC1(C)O[C@@H]2[C@@H](CNC(=O)c3ccnnc3)OC[C@]2(CNC(=O)c2ccnnc2)O1. The van der Waals surface area contributed by atoms with Crippen LogP contribution in [0.3, 0.4) is 0 Å².